The highest BCUT2D eigenvalue weighted by atomic mass is 79.9. The monoisotopic (exact) mass is 416 g/mol. The highest BCUT2D eigenvalue weighted by Crippen LogP contribution is 2.26. The lowest BCUT2D eigenvalue weighted by molar-refractivity contribution is -0.141. The standard InChI is InChI=1S/C20H21BrN2O3/c21-12-15-6-7-16-13-23(9-8-14-4-2-1-3-5-14)20(26)18(11-19(24)25)22-17(16)10-15/h1-7,10,18,22H,8-9,11-13H2,(H,24,25)/t18-/m1/s1. The summed E-state index contributed by atoms with van der Waals surface area (Å²) < 4.78 is 0. The summed E-state index contributed by atoms with van der Waals surface area (Å²) >= 11 is 3.44. The lowest BCUT2D eigenvalue weighted by Crippen LogP contribution is -2.42. The van der Waals surface area contributed by atoms with Crippen molar-refractivity contribution in [2.75, 3.05) is 11.9 Å². The van der Waals surface area contributed by atoms with E-state index < -0.39 is 12.0 Å². The van der Waals surface area contributed by atoms with Crippen molar-refractivity contribution >= 4 is 33.5 Å². The van der Waals surface area contributed by atoms with Crippen molar-refractivity contribution in [3.63, 3.8) is 0 Å². The zero-order valence-corrected chi connectivity index (χ0v) is 15.9. The summed E-state index contributed by atoms with van der Waals surface area (Å²) in [6.45, 7) is 1.03. The van der Waals surface area contributed by atoms with Crippen LogP contribution in [-0.2, 0) is 27.9 Å². The molecule has 2 aromatic carbocycles. The third-order valence-electron chi connectivity index (χ3n) is 4.52. The maximum atomic E-state index is 12.9. The van der Waals surface area contributed by atoms with E-state index in [1.807, 2.05) is 48.5 Å². The van der Waals surface area contributed by atoms with Crippen LogP contribution in [-0.4, -0.2) is 34.5 Å². The van der Waals surface area contributed by atoms with E-state index in [2.05, 4.69) is 21.2 Å². The van der Waals surface area contributed by atoms with Gasteiger partial charge in [0.1, 0.15) is 6.04 Å². The first-order valence-electron chi connectivity index (χ1n) is 8.55. The van der Waals surface area contributed by atoms with Gasteiger partial charge in [0.15, 0.2) is 0 Å². The minimum absolute atomic E-state index is 0.167. The van der Waals surface area contributed by atoms with Crippen LogP contribution in [0.25, 0.3) is 0 Å². The van der Waals surface area contributed by atoms with Crippen LogP contribution in [0.4, 0.5) is 5.69 Å². The summed E-state index contributed by atoms with van der Waals surface area (Å²) in [5.41, 5.74) is 4.07. The summed E-state index contributed by atoms with van der Waals surface area (Å²) in [6.07, 6.45) is 0.500. The molecule has 5 nitrogen and oxygen atoms in total. The van der Waals surface area contributed by atoms with Crippen molar-refractivity contribution in [3.8, 4) is 0 Å². The maximum absolute atomic E-state index is 12.9. The van der Waals surface area contributed by atoms with E-state index >= 15 is 0 Å². The van der Waals surface area contributed by atoms with Crippen LogP contribution in [0.2, 0.25) is 0 Å². The molecule has 0 bridgehead atoms. The van der Waals surface area contributed by atoms with E-state index in [1.165, 1.54) is 0 Å². The van der Waals surface area contributed by atoms with Gasteiger partial charge in [0.25, 0.3) is 0 Å². The third-order valence-corrected chi connectivity index (χ3v) is 5.17. The Balaban J connectivity index is 1.84. The molecule has 0 unspecified atom stereocenters. The molecule has 1 aliphatic heterocycles. The number of carboxylic acid groups (broad SMARTS) is 1. The number of benzene rings is 2. The molecule has 1 atom stereocenters. The topological polar surface area (TPSA) is 69.6 Å². The number of amides is 1. The summed E-state index contributed by atoms with van der Waals surface area (Å²) in [4.78, 5) is 25.9. The second-order valence-corrected chi connectivity index (χ2v) is 6.98. The Labute approximate surface area is 161 Å². The lowest BCUT2D eigenvalue weighted by atomic mass is 10.1. The summed E-state index contributed by atoms with van der Waals surface area (Å²) in [5, 5.41) is 13.1. The van der Waals surface area contributed by atoms with Crippen LogP contribution in [0.15, 0.2) is 48.5 Å². The molecule has 1 aliphatic rings. The lowest BCUT2D eigenvalue weighted by Gasteiger charge is -2.24. The van der Waals surface area contributed by atoms with Crippen LogP contribution in [0.3, 0.4) is 0 Å². The number of halogens is 1. The number of hydrogen-bond acceptors (Lipinski definition) is 3. The van der Waals surface area contributed by atoms with Gasteiger partial charge in [-0.15, -0.1) is 0 Å². The summed E-state index contributed by atoms with van der Waals surface area (Å²) in [7, 11) is 0. The van der Waals surface area contributed by atoms with Crippen molar-refractivity contribution in [2.24, 2.45) is 0 Å². The van der Waals surface area contributed by atoms with Gasteiger partial charge in [0.05, 0.1) is 6.42 Å². The van der Waals surface area contributed by atoms with E-state index in [9.17, 15) is 14.7 Å². The van der Waals surface area contributed by atoms with Gasteiger partial charge in [0, 0.05) is 24.1 Å². The van der Waals surface area contributed by atoms with Gasteiger partial charge in [-0.2, -0.15) is 0 Å². The quantitative estimate of drug-likeness (QED) is 0.707. The number of carbonyl (C=O) groups excluding carboxylic acids is 1. The number of rotatable bonds is 6. The van der Waals surface area contributed by atoms with Crippen molar-refractivity contribution in [3.05, 3.63) is 65.2 Å². The molecule has 0 saturated carbocycles. The third kappa shape index (κ3) is 4.43. The van der Waals surface area contributed by atoms with Crippen LogP contribution >= 0.6 is 15.9 Å². The van der Waals surface area contributed by atoms with Crippen LogP contribution in [0.1, 0.15) is 23.1 Å². The molecule has 0 aromatic heterocycles. The van der Waals surface area contributed by atoms with Gasteiger partial charge in [-0.25, -0.2) is 0 Å². The Hall–Kier alpha value is -2.34. The molecule has 1 amide bonds. The second kappa shape index (κ2) is 8.36. The fourth-order valence-electron chi connectivity index (χ4n) is 3.14. The van der Waals surface area contributed by atoms with E-state index in [1.54, 1.807) is 4.90 Å². The number of hydrogen-bond donors (Lipinski definition) is 2. The van der Waals surface area contributed by atoms with Gasteiger partial charge in [-0.3, -0.25) is 9.59 Å². The number of nitrogens with zero attached hydrogens (tertiary/aromatic N) is 1. The molecule has 0 fully saturated rings. The van der Waals surface area contributed by atoms with Crippen LogP contribution in [0.5, 0.6) is 0 Å². The maximum Gasteiger partial charge on any atom is 0.305 e. The van der Waals surface area contributed by atoms with E-state index in [4.69, 9.17) is 0 Å². The smallest absolute Gasteiger partial charge is 0.305 e. The number of fused-ring (bicyclic) bond motifs is 1. The number of carboxylic acids is 1. The predicted octanol–water partition coefficient (Wildman–Crippen LogP) is 3.42. The SMILES string of the molecule is O=C(O)C[C@H]1Nc2cc(CBr)ccc2CN(CCc2ccccc2)C1=O. The predicted molar refractivity (Wildman–Crippen MR) is 104 cm³/mol. The number of alkyl halides is 1. The molecule has 0 saturated heterocycles. The molecule has 136 valence electrons. The molecule has 3 rings (SSSR count). The molecule has 2 aromatic rings. The minimum atomic E-state index is -0.987. The molecule has 0 spiro atoms. The first-order chi connectivity index (χ1) is 12.6. The Morgan fingerprint density at radius 2 is 1.96 bits per heavy atom. The minimum Gasteiger partial charge on any atom is -0.481 e. The van der Waals surface area contributed by atoms with Crippen molar-refractivity contribution in [1.29, 1.82) is 0 Å². The van der Waals surface area contributed by atoms with E-state index in [0.29, 0.717) is 18.4 Å². The average molecular weight is 417 g/mol. The van der Waals surface area contributed by atoms with E-state index in [0.717, 1.165) is 28.8 Å². The summed E-state index contributed by atoms with van der Waals surface area (Å²) in [6, 6.07) is 15.2. The molecule has 2 N–H and O–H groups in total. The molecule has 26 heavy (non-hydrogen) atoms. The number of anilines is 1. The Kier molecular flexibility index (Phi) is 5.93. The highest BCUT2D eigenvalue weighted by molar-refractivity contribution is 9.08. The van der Waals surface area contributed by atoms with Gasteiger partial charge in [0.2, 0.25) is 5.91 Å². The Morgan fingerprint density at radius 1 is 1.19 bits per heavy atom. The number of nitrogens with one attached hydrogen (secondary N) is 1. The summed E-state index contributed by atoms with van der Waals surface area (Å²) in [5.74, 6) is -1.15. The Bertz CT molecular complexity index is 795. The van der Waals surface area contributed by atoms with Gasteiger partial charge < -0.3 is 15.3 Å². The van der Waals surface area contributed by atoms with Crippen LogP contribution < -0.4 is 5.32 Å². The molecule has 6 heteroatoms. The fourth-order valence-corrected chi connectivity index (χ4v) is 3.49. The number of carbonyl (C=O) groups is 2. The van der Waals surface area contributed by atoms with Crippen molar-refractivity contribution < 1.29 is 14.7 Å². The zero-order chi connectivity index (χ0) is 18.5. The van der Waals surface area contributed by atoms with Crippen molar-refractivity contribution in [2.45, 2.75) is 30.8 Å². The number of aliphatic carboxylic acids is 1. The molecule has 0 radical (unpaired) electrons. The molecular formula is C20H21BrN2O3. The first kappa shape index (κ1) is 18.5. The molecule has 1 heterocycles. The zero-order valence-electron chi connectivity index (χ0n) is 14.3. The highest BCUT2D eigenvalue weighted by Gasteiger charge is 2.30. The van der Waals surface area contributed by atoms with E-state index in [-0.39, 0.29) is 12.3 Å². The first-order valence-corrected chi connectivity index (χ1v) is 9.68. The second-order valence-electron chi connectivity index (χ2n) is 6.42. The average Bonchev–Trinajstić information content (AvgIpc) is 2.77. The largest absolute Gasteiger partial charge is 0.481 e. The molecule has 0 aliphatic carbocycles. The van der Waals surface area contributed by atoms with Gasteiger partial charge in [-0.05, 0) is 29.2 Å². The van der Waals surface area contributed by atoms with Crippen LogP contribution in [0, 0.1) is 0 Å². The van der Waals surface area contributed by atoms with Crippen molar-refractivity contribution in [1.82, 2.24) is 4.90 Å². The molecular weight excluding hydrogens is 396 g/mol. The van der Waals surface area contributed by atoms with Gasteiger partial charge >= 0.3 is 5.97 Å². The fraction of sp³-hybridized carbons (Fsp3) is 0.300. The Morgan fingerprint density at radius 3 is 2.65 bits per heavy atom. The van der Waals surface area contributed by atoms with Gasteiger partial charge in [-0.1, -0.05) is 58.4 Å². The normalized spacial score (nSPS) is 16.6.